The number of esters is 1. The average molecular weight is 329 g/mol. The molecule has 0 fully saturated rings. The molecular weight excluding hydrogens is 294 g/mol. The Balaban J connectivity index is 3.95. The Kier molecular flexibility index (Phi) is 10.1. The average Bonchev–Trinajstić information content (AvgIpc) is 2.41. The molecule has 1 atom stereocenters. The van der Waals surface area contributed by atoms with Gasteiger partial charge < -0.3 is 14.8 Å². The lowest BCUT2D eigenvalue weighted by Crippen LogP contribution is -2.41. The Morgan fingerprint density at radius 2 is 1.70 bits per heavy atom. The van der Waals surface area contributed by atoms with Crippen LogP contribution in [0, 0.1) is 11.3 Å². The van der Waals surface area contributed by atoms with Gasteiger partial charge in [-0.15, -0.1) is 0 Å². The van der Waals surface area contributed by atoms with Crippen LogP contribution in [-0.4, -0.2) is 37.2 Å². The van der Waals surface area contributed by atoms with Crippen molar-refractivity contribution >= 4 is 11.9 Å². The fraction of sp³-hybridized carbons (Fsp3) is 0.889. The molecule has 0 bridgehead atoms. The van der Waals surface area contributed by atoms with Crippen molar-refractivity contribution in [1.29, 1.82) is 0 Å². The van der Waals surface area contributed by atoms with E-state index in [9.17, 15) is 9.59 Å². The summed E-state index contributed by atoms with van der Waals surface area (Å²) in [5.74, 6) is 0.221. The molecule has 1 amide bonds. The summed E-state index contributed by atoms with van der Waals surface area (Å²) in [6.07, 6.45) is 1.62. The van der Waals surface area contributed by atoms with E-state index >= 15 is 0 Å². The first kappa shape index (κ1) is 21.9. The highest BCUT2D eigenvalue weighted by Gasteiger charge is 2.27. The standard InChI is InChI=1S/C18H35NO4/c1-13(2)12-23-16(20)9-8-15(5)22-11-10-18(6,7)17(21)19-14(3)4/h13-15H,8-12H2,1-7H3,(H,19,21). The van der Waals surface area contributed by atoms with Gasteiger partial charge in [0.2, 0.25) is 5.91 Å². The normalized spacial score (nSPS) is 13.3. The Morgan fingerprint density at radius 3 is 2.22 bits per heavy atom. The minimum atomic E-state index is -0.458. The molecule has 0 rings (SSSR count). The van der Waals surface area contributed by atoms with E-state index < -0.39 is 5.41 Å². The van der Waals surface area contributed by atoms with Crippen molar-refractivity contribution in [3.8, 4) is 0 Å². The summed E-state index contributed by atoms with van der Waals surface area (Å²) < 4.78 is 10.9. The van der Waals surface area contributed by atoms with E-state index in [0.29, 0.717) is 38.4 Å². The van der Waals surface area contributed by atoms with E-state index in [2.05, 4.69) is 5.32 Å². The predicted octanol–water partition coefficient (Wildman–Crippen LogP) is 3.31. The lowest BCUT2D eigenvalue weighted by molar-refractivity contribution is -0.145. The molecule has 0 heterocycles. The molecule has 0 aliphatic rings. The summed E-state index contributed by atoms with van der Waals surface area (Å²) in [5.41, 5.74) is -0.458. The molecule has 0 aromatic heterocycles. The molecular formula is C18H35NO4. The smallest absolute Gasteiger partial charge is 0.305 e. The first-order valence-corrected chi connectivity index (χ1v) is 8.62. The number of hydrogen-bond acceptors (Lipinski definition) is 4. The highest BCUT2D eigenvalue weighted by Crippen LogP contribution is 2.21. The monoisotopic (exact) mass is 329 g/mol. The molecule has 0 aromatic rings. The predicted molar refractivity (Wildman–Crippen MR) is 92.1 cm³/mol. The quantitative estimate of drug-likeness (QED) is 0.591. The fourth-order valence-corrected chi connectivity index (χ4v) is 1.82. The molecule has 1 N–H and O–H groups in total. The number of ether oxygens (including phenoxy) is 2. The van der Waals surface area contributed by atoms with Gasteiger partial charge in [-0.25, -0.2) is 0 Å². The third-order valence-corrected chi connectivity index (χ3v) is 3.50. The van der Waals surface area contributed by atoms with Crippen LogP contribution in [0.5, 0.6) is 0 Å². The molecule has 136 valence electrons. The van der Waals surface area contributed by atoms with E-state index in [-0.39, 0.29) is 24.0 Å². The first-order valence-electron chi connectivity index (χ1n) is 8.62. The number of hydrogen-bond donors (Lipinski definition) is 1. The van der Waals surface area contributed by atoms with Crippen LogP contribution in [-0.2, 0) is 19.1 Å². The minimum Gasteiger partial charge on any atom is -0.465 e. The van der Waals surface area contributed by atoms with Crippen molar-refractivity contribution in [1.82, 2.24) is 5.32 Å². The van der Waals surface area contributed by atoms with Crippen molar-refractivity contribution in [3.63, 3.8) is 0 Å². The zero-order chi connectivity index (χ0) is 18.0. The Labute approximate surface area is 141 Å². The van der Waals surface area contributed by atoms with E-state index in [4.69, 9.17) is 9.47 Å². The molecule has 0 aliphatic carbocycles. The Morgan fingerprint density at radius 1 is 1.09 bits per heavy atom. The zero-order valence-corrected chi connectivity index (χ0v) is 15.9. The number of nitrogens with one attached hydrogen (secondary N) is 1. The molecule has 0 aromatic carbocycles. The summed E-state index contributed by atoms with van der Waals surface area (Å²) in [6.45, 7) is 14.7. The highest BCUT2D eigenvalue weighted by atomic mass is 16.5. The largest absolute Gasteiger partial charge is 0.465 e. The maximum Gasteiger partial charge on any atom is 0.305 e. The van der Waals surface area contributed by atoms with Gasteiger partial charge in [-0.05, 0) is 39.5 Å². The van der Waals surface area contributed by atoms with Gasteiger partial charge >= 0.3 is 5.97 Å². The maximum absolute atomic E-state index is 12.1. The summed E-state index contributed by atoms with van der Waals surface area (Å²) in [6, 6.07) is 0.137. The van der Waals surface area contributed by atoms with Crippen LogP contribution < -0.4 is 5.32 Å². The van der Waals surface area contributed by atoms with Crippen molar-refractivity contribution < 1.29 is 19.1 Å². The van der Waals surface area contributed by atoms with Crippen LogP contribution in [0.4, 0.5) is 0 Å². The molecule has 5 nitrogen and oxygen atoms in total. The number of carbonyl (C=O) groups is 2. The topological polar surface area (TPSA) is 64.6 Å². The van der Waals surface area contributed by atoms with E-state index in [1.54, 1.807) is 0 Å². The van der Waals surface area contributed by atoms with Crippen molar-refractivity contribution in [2.45, 2.75) is 79.9 Å². The van der Waals surface area contributed by atoms with Crippen LogP contribution in [0.1, 0.15) is 67.7 Å². The van der Waals surface area contributed by atoms with Gasteiger partial charge in [0.05, 0.1) is 12.7 Å². The second-order valence-electron chi connectivity index (χ2n) is 7.56. The summed E-state index contributed by atoms with van der Waals surface area (Å²) in [4.78, 5) is 23.6. The molecule has 0 aliphatic heterocycles. The van der Waals surface area contributed by atoms with E-state index in [0.717, 1.165) is 0 Å². The van der Waals surface area contributed by atoms with E-state index in [1.807, 2.05) is 48.5 Å². The SMILES string of the molecule is CC(C)COC(=O)CCC(C)OCCC(C)(C)C(=O)NC(C)C. The summed E-state index contributed by atoms with van der Waals surface area (Å²) >= 11 is 0. The van der Waals surface area contributed by atoms with Gasteiger partial charge in [-0.2, -0.15) is 0 Å². The van der Waals surface area contributed by atoms with Gasteiger partial charge in [0, 0.05) is 24.5 Å². The highest BCUT2D eigenvalue weighted by molar-refractivity contribution is 5.81. The lowest BCUT2D eigenvalue weighted by Gasteiger charge is -2.25. The molecule has 5 heteroatoms. The summed E-state index contributed by atoms with van der Waals surface area (Å²) in [5, 5.41) is 2.93. The first-order chi connectivity index (χ1) is 10.5. The van der Waals surface area contributed by atoms with Crippen LogP contribution in [0.2, 0.25) is 0 Å². The van der Waals surface area contributed by atoms with Gasteiger partial charge in [-0.1, -0.05) is 27.7 Å². The zero-order valence-electron chi connectivity index (χ0n) is 15.9. The minimum absolute atomic E-state index is 0.0226. The molecule has 0 saturated carbocycles. The van der Waals surface area contributed by atoms with Crippen LogP contribution in [0.3, 0.4) is 0 Å². The molecule has 0 saturated heterocycles. The number of amides is 1. The van der Waals surface area contributed by atoms with Crippen LogP contribution >= 0.6 is 0 Å². The fourth-order valence-electron chi connectivity index (χ4n) is 1.82. The van der Waals surface area contributed by atoms with Gasteiger partial charge in [0.15, 0.2) is 0 Å². The molecule has 0 spiro atoms. The van der Waals surface area contributed by atoms with Crippen molar-refractivity contribution in [2.75, 3.05) is 13.2 Å². The molecule has 0 radical (unpaired) electrons. The van der Waals surface area contributed by atoms with E-state index in [1.165, 1.54) is 0 Å². The van der Waals surface area contributed by atoms with Crippen LogP contribution in [0.25, 0.3) is 0 Å². The number of rotatable bonds is 11. The third-order valence-electron chi connectivity index (χ3n) is 3.50. The van der Waals surface area contributed by atoms with Crippen LogP contribution in [0.15, 0.2) is 0 Å². The Bertz CT molecular complexity index is 364. The van der Waals surface area contributed by atoms with Gasteiger partial charge in [0.25, 0.3) is 0 Å². The Hall–Kier alpha value is -1.10. The van der Waals surface area contributed by atoms with Crippen molar-refractivity contribution in [2.24, 2.45) is 11.3 Å². The second kappa shape index (κ2) is 10.6. The summed E-state index contributed by atoms with van der Waals surface area (Å²) in [7, 11) is 0. The van der Waals surface area contributed by atoms with Gasteiger partial charge in [0.1, 0.15) is 0 Å². The molecule has 23 heavy (non-hydrogen) atoms. The van der Waals surface area contributed by atoms with Gasteiger partial charge in [-0.3, -0.25) is 9.59 Å². The van der Waals surface area contributed by atoms with Crippen molar-refractivity contribution in [3.05, 3.63) is 0 Å². The lowest BCUT2D eigenvalue weighted by atomic mass is 9.88. The second-order valence-corrected chi connectivity index (χ2v) is 7.56. The third kappa shape index (κ3) is 11.1. The molecule has 1 unspecified atom stereocenters. The number of carbonyl (C=O) groups excluding carboxylic acids is 2. The maximum atomic E-state index is 12.1.